The summed E-state index contributed by atoms with van der Waals surface area (Å²) in [5, 5.41) is 9.95. The van der Waals surface area contributed by atoms with Gasteiger partial charge in [-0.1, -0.05) is 84.9 Å². The summed E-state index contributed by atoms with van der Waals surface area (Å²) in [7, 11) is 0. The lowest BCUT2D eigenvalue weighted by Crippen LogP contribution is -2.09. The Morgan fingerprint density at radius 2 is 0.900 bits per heavy atom. The van der Waals surface area contributed by atoms with Crippen molar-refractivity contribution in [3.63, 3.8) is 0 Å². The zero-order valence-electron chi connectivity index (χ0n) is 26.8. The van der Waals surface area contributed by atoms with E-state index in [2.05, 4.69) is 157 Å². The van der Waals surface area contributed by atoms with E-state index in [-0.39, 0.29) is 0 Å². The molecule has 0 atom stereocenters. The lowest BCUT2D eigenvalue weighted by atomic mass is 9.98. The maximum Gasteiger partial charge on any atom is 0.136 e. The van der Waals surface area contributed by atoms with Crippen molar-refractivity contribution >= 4 is 113 Å². The second kappa shape index (κ2) is 10.8. The predicted octanol–water partition coefficient (Wildman–Crippen LogP) is 14.6. The molecule has 11 aromatic rings. The van der Waals surface area contributed by atoms with E-state index in [0.717, 1.165) is 33.6 Å². The third-order valence-corrected chi connectivity index (χ3v) is 12.4. The Morgan fingerprint density at radius 1 is 0.360 bits per heavy atom. The summed E-state index contributed by atoms with van der Waals surface area (Å²) in [4.78, 5) is 2.41. The molecule has 0 aliphatic heterocycles. The van der Waals surface area contributed by atoms with Crippen molar-refractivity contribution in [2.45, 2.75) is 0 Å². The topological polar surface area (TPSA) is 16.4 Å². The van der Waals surface area contributed by atoms with Crippen LogP contribution in [0.25, 0.3) is 84.2 Å². The molecule has 0 unspecified atom stereocenters. The highest BCUT2D eigenvalue weighted by Crippen LogP contribution is 2.44. The molecule has 0 spiro atoms. The van der Waals surface area contributed by atoms with E-state index in [9.17, 15) is 0 Å². The molecule has 0 aliphatic rings. The van der Waals surface area contributed by atoms with Gasteiger partial charge in [-0.2, -0.15) is 0 Å². The molecule has 3 aromatic heterocycles. The van der Waals surface area contributed by atoms with Crippen LogP contribution >= 0.6 is 22.7 Å². The highest BCUT2D eigenvalue weighted by molar-refractivity contribution is 7.26. The number of furan rings is 1. The Balaban J connectivity index is 1.07. The van der Waals surface area contributed by atoms with Gasteiger partial charge in [-0.15, -0.1) is 22.7 Å². The van der Waals surface area contributed by atoms with Crippen LogP contribution in [0.4, 0.5) is 17.1 Å². The first-order valence-corrected chi connectivity index (χ1v) is 18.5. The summed E-state index contributed by atoms with van der Waals surface area (Å²) in [5.41, 5.74) is 7.63. The van der Waals surface area contributed by atoms with Crippen LogP contribution in [-0.4, -0.2) is 0 Å². The van der Waals surface area contributed by atoms with Gasteiger partial charge in [0, 0.05) is 68.2 Å². The molecule has 50 heavy (non-hydrogen) atoms. The fourth-order valence-corrected chi connectivity index (χ4v) is 9.85. The van der Waals surface area contributed by atoms with Gasteiger partial charge in [0.15, 0.2) is 0 Å². The zero-order valence-corrected chi connectivity index (χ0v) is 28.4. The maximum atomic E-state index is 6.22. The van der Waals surface area contributed by atoms with Gasteiger partial charge in [-0.25, -0.2) is 0 Å². The molecule has 0 fully saturated rings. The normalized spacial score (nSPS) is 12.0. The summed E-state index contributed by atoms with van der Waals surface area (Å²) in [6.07, 6.45) is 0. The van der Waals surface area contributed by atoms with Crippen LogP contribution in [0.3, 0.4) is 0 Å². The largest absolute Gasteiger partial charge is 0.456 e. The molecule has 0 aliphatic carbocycles. The summed E-state index contributed by atoms with van der Waals surface area (Å²) in [5.74, 6) is 0. The van der Waals surface area contributed by atoms with Gasteiger partial charge in [0.05, 0.1) is 0 Å². The fourth-order valence-electron chi connectivity index (χ4n) is 7.68. The van der Waals surface area contributed by atoms with Crippen molar-refractivity contribution in [1.29, 1.82) is 0 Å². The first-order chi connectivity index (χ1) is 24.7. The fraction of sp³-hybridized carbons (Fsp3) is 0. The number of hydrogen-bond acceptors (Lipinski definition) is 4. The Kier molecular flexibility index (Phi) is 6.03. The molecule has 4 heteroatoms. The number of anilines is 3. The number of fused-ring (bicyclic) bond motifs is 11. The molecule has 0 saturated carbocycles. The van der Waals surface area contributed by atoms with Gasteiger partial charge in [0.1, 0.15) is 11.2 Å². The van der Waals surface area contributed by atoms with Crippen molar-refractivity contribution in [1.82, 2.24) is 0 Å². The molecular formula is C46H27NOS2. The van der Waals surface area contributed by atoms with Crippen LogP contribution in [0.1, 0.15) is 0 Å². The van der Waals surface area contributed by atoms with Crippen LogP contribution in [0.15, 0.2) is 168 Å². The van der Waals surface area contributed by atoms with Crippen LogP contribution < -0.4 is 4.90 Å². The number of rotatable bonds is 4. The van der Waals surface area contributed by atoms with E-state index in [4.69, 9.17) is 4.42 Å². The van der Waals surface area contributed by atoms with E-state index < -0.39 is 0 Å². The molecule has 234 valence electrons. The number of thiophene rings is 2. The predicted molar refractivity (Wildman–Crippen MR) is 217 cm³/mol. The summed E-state index contributed by atoms with van der Waals surface area (Å²) in [6, 6.07) is 59.7. The smallest absolute Gasteiger partial charge is 0.136 e. The van der Waals surface area contributed by atoms with E-state index >= 15 is 0 Å². The molecule has 2 nitrogen and oxygen atoms in total. The first-order valence-electron chi connectivity index (χ1n) is 16.8. The minimum atomic E-state index is 0.923. The van der Waals surface area contributed by atoms with Crippen molar-refractivity contribution in [2.75, 3.05) is 4.90 Å². The van der Waals surface area contributed by atoms with Crippen molar-refractivity contribution < 1.29 is 4.42 Å². The number of para-hydroxylation sites is 1. The minimum Gasteiger partial charge on any atom is -0.456 e. The van der Waals surface area contributed by atoms with Gasteiger partial charge in [-0.3, -0.25) is 0 Å². The van der Waals surface area contributed by atoms with Crippen LogP contribution in [-0.2, 0) is 0 Å². The third kappa shape index (κ3) is 4.26. The quantitative estimate of drug-likeness (QED) is 0.185. The van der Waals surface area contributed by atoms with Gasteiger partial charge in [-0.05, 0) is 101 Å². The molecule has 0 bridgehead atoms. The third-order valence-electron chi connectivity index (χ3n) is 10.1. The Bertz CT molecular complexity index is 2990. The van der Waals surface area contributed by atoms with Gasteiger partial charge < -0.3 is 9.32 Å². The van der Waals surface area contributed by atoms with Gasteiger partial charge >= 0.3 is 0 Å². The second-order valence-corrected chi connectivity index (χ2v) is 15.1. The second-order valence-electron chi connectivity index (χ2n) is 12.9. The molecule has 8 aromatic carbocycles. The van der Waals surface area contributed by atoms with Crippen LogP contribution in [0.5, 0.6) is 0 Å². The summed E-state index contributed by atoms with van der Waals surface area (Å²) >= 11 is 3.71. The minimum absolute atomic E-state index is 0.923. The number of hydrogen-bond donors (Lipinski definition) is 0. The molecule has 0 amide bonds. The molecular weight excluding hydrogens is 647 g/mol. The first kappa shape index (κ1) is 28.0. The monoisotopic (exact) mass is 673 g/mol. The highest BCUT2D eigenvalue weighted by Gasteiger charge is 2.17. The summed E-state index contributed by atoms with van der Waals surface area (Å²) < 4.78 is 11.5. The Labute approximate surface area is 295 Å². The lowest BCUT2D eigenvalue weighted by molar-refractivity contribution is 0.669. The lowest BCUT2D eigenvalue weighted by Gasteiger charge is -2.26. The average molecular weight is 674 g/mol. The van der Waals surface area contributed by atoms with Crippen molar-refractivity contribution in [3.8, 4) is 11.1 Å². The van der Waals surface area contributed by atoms with Crippen LogP contribution in [0, 0.1) is 0 Å². The Morgan fingerprint density at radius 3 is 1.58 bits per heavy atom. The van der Waals surface area contributed by atoms with Crippen LogP contribution in [0.2, 0.25) is 0 Å². The Hall–Kier alpha value is -5.94. The number of benzene rings is 8. The highest BCUT2D eigenvalue weighted by atomic mass is 32.1. The van der Waals surface area contributed by atoms with E-state index in [1.807, 2.05) is 34.8 Å². The summed E-state index contributed by atoms with van der Waals surface area (Å²) in [6.45, 7) is 0. The van der Waals surface area contributed by atoms with E-state index in [0.29, 0.717) is 0 Å². The molecule has 3 heterocycles. The van der Waals surface area contributed by atoms with E-state index in [1.165, 1.54) is 67.6 Å². The molecule has 0 N–H and O–H groups in total. The average Bonchev–Trinajstić information content (AvgIpc) is 3.86. The number of nitrogens with zero attached hydrogens (tertiary/aromatic N) is 1. The van der Waals surface area contributed by atoms with E-state index in [1.54, 1.807) is 0 Å². The SMILES string of the molecule is c1ccc2c(c1)oc1ccc3ccc(-c4ccc(N(c5ccc6sc7ccccc7c6c5)c5ccc6sc7ccccc7c6c5)cc4)cc3c12. The van der Waals surface area contributed by atoms with Gasteiger partial charge in [0.25, 0.3) is 0 Å². The zero-order chi connectivity index (χ0) is 32.8. The molecule has 11 rings (SSSR count). The molecule has 0 saturated heterocycles. The van der Waals surface area contributed by atoms with Crippen molar-refractivity contribution in [2.24, 2.45) is 0 Å². The molecule has 0 radical (unpaired) electrons. The van der Waals surface area contributed by atoms with Gasteiger partial charge in [0.2, 0.25) is 0 Å². The van der Waals surface area contributed by atoms with Crippen molar-refractivity contribution in [3.05, 3.63) is 164 Å². The maximum absolute atomic E-state index is 6.22. The standard InChI is InChI=1S/C46H27NOS2/c1-4-10-40-36(9-1)46-37-25-30(14-13-29(37)17-22-41(46)48-40)28-15-18-31(19-16-28)47(32-20-23-44-38(26-32)34-7-2-5-11-42(34)49-44)33-21-24-45-39(27-33)35-8-3-6-12-43(35)50-45/h1-27H.